The number of aryl methyl sites for hydroxylation is 1. The number of halogens is 1. The van der Waals surface area contributed by atoms with Gasteiger partial charge >= 0.3 is 5.97 Å². The highest BCUT2D eigenvalue weighted by molar-refractivity contribution is 7.16. The van der Waals surface area contributed by atoms with Gasteiger partial charge in [-0.25, -0.2) is 9.78 Å². The van der Waals surface area contributed by atoms with Crippen LogP contribution in [0, 0.1) is 6.92 Å². The summed E-state index contributed by atoms with van der Waals surface area (Å²) in [6.07, 6.45) is 1.22. The summed E-state index contributed by atoms with van der Waals surface area (Å²) in [6.45, 7) is 14.5. The number of imidazole rings is 1. The monoisotopic (exact) mass is 624 g/mol. The molecule has 42 heavy (non-hydrogen) atoms. The Bertz CT molecular complexity index is 1770. The minimum Gasteiger partial charge on any atom is -0.542 e. The molecule has 5 aromatic rings. The van der Waals surface area contributed by atoms with E-state index in [0.29, 0.717) is 33.2 Å². The molecule has 0 aliphatic carbocycles. The van der Waals surface area contributed by atoms with Crippen LogP contribution < -0.4 is 9.16 Å². The Morgan fingerprint density at radius 3 is 2.55 bits per heavy atom. The van der Waals surface area contributed by atoms with Crippen molar-refractivity contribution in [3.63, 3.8) is 0 Å². The SMILES string of the molecule is COC(=O)c1sc(-n2cnc3cc(-c4nnc(C)o4)ccc32)cc1OC(C)c1cccc(O[Si](C)(C)C(C)(C)C)c1Cl. The van der Waals surface area contributed by atoms with Gasteiger partial charge in [0.2, 0.25) is 11.8 Å². The summed E-state index contributed by atoms with van der Waals surface area (Å²) in [7, 11) is -0.767. The summed E-state index contributed by atoms with van der Waals surface area (Å²) in [4.78, 5) is 17.7. The highest BCUT2D eigenvalue weighted by atomic mass is 35.5. The second kappa shape index (κ2) is 11.2. The van der Waals surface area contributed by atoms with Crippen LogP contribution in [0.5, 0.6) is 11.5 Å². The quantitative estimate of drug-likeness (QED) is 0.125. The lowest BCUT2D eigenvalue weighted by Crippen LogP contribution is -2.44. The predicted molar refractivity (Wildman–Crippen MR) is 167 cm³/mol. The lowest BCUT2D eigenvalue weighted by molar-refractivity contribution is 0.0600. The van der Waals surface area contributed by atoms with Crippen LogP contribution in [0.15, 0.2) is 53.2 Å². The fourth-order valence-electron chi connectivity index (χ4n) is 4.14. The zero-order valence-electron chi connectivity index (χ0n) is 24.8. The van der Waals surface area contributed by atoms with Gasteiger partial charge in [-0.15, -0.1) is 21.5 Å². The molecular formula is C30H33ClN4O5SSi. The Hall–Kier alpha value is -3.67. The number of aromatic nitrogens is 4. The molecule has 0 radical (unpaired) electrons. The van der Waals surface area contributed by atoms with Crippen molar-refractivity contribution in [1.82, 2.24) is 19.7 Å². The second-order valence-electron chi connectivity index (χ2n) is 11.5. The summed E-state index contributed by atoms with van der Waals surface area (Å²) in [5.74, 6) is 1.45. The third-order valence-corrected chi connectivity index (χ3v) is 13.4. The van der Waals surface area contributed by atoms with Crippen molar-refractivity contribution in [1.29, 1.82) is 0 Å². The van der Waals surface area contributed by atoms with Crippen LogP contribution in [0.4, 0.5) is 0 Å². The Morgan fingerprint density at radius 2 is 1.88 bits per heavy atom. The van der Waals surface area contributed by atoms with Crippen molar-refractivity contribution in [3.8, 4) is 28.0 Å². The fourth-order valence-corrected chi connectivity index (χ4v) is 6.54. The topological polar surface area (TPSA) is 102 Å². The number of fused-ring (bicyclic) bond motifs is 1. The first-order valence-electron chi connectivity index (χ1n) is 13.4. The number of ether oxygens (including phenoxy) is 2. The molecule has 9 nitrogen and oxygen atoms in total. The number of hydrogen-bond donors (Lipinski definition) is 0. The maximum atomic E-state index is 12.8. The van der Waals surface area contributed by atoms with E-state index in [1.54, 1.807) is 13.3 Å². The number of nitrogens with zero attached hydrogens (tertiary/aromatic N) is 4. The third-order valence-electron chi connectivity index (χ3n) is 7.52. The van der Waals surface area contributed by atoms with Gasteiger partial charge in [-0.3, -0.25) is 4.57 Å². The van der Waals surface area contributed by atoms with Crippen molar-refractivity contribution in [2.75, 3.05) is 7.11 Å². The number of methoxy groups -OCH3 is 1. The first-order chi connectivity index (χ1) is 19.8. The van der Waals surface area contributed by atoms with Crippen LogP contribution in [0.1, 0.15) is 54.9 Å². The molecule has 0 fully saturated rings. The fraction of sp³-hybridized carbons (Fsp3) is 0.333. The summed E-state index contributed by atoms with van der Waals surface area (Å²) in [5, 5.41) is 9.25. The maximum Gasteiger partial charge on any atom is 0.351 e. The first kappa shape index (κ1) is 29.8. The van der Waals surface area contributed by atoms with Gasteiger partial charge < -0.3 is 18.3 Å². The molecule has 0 spiro atoms. The van der Waals surface area contributed by atoms with Crippen LogP contribution in [0.2, 0.25) is 23.2 Å². The van der Waals surface area contributed by atoms with Gasteiger partial charge in [0.05, 0.1) is 23.2 Å². The lowest BCUT2D eigenvalue weighted by atomic mass is 10.1. The standard InChI is InChI=1S/C30H33ClN4O5SSi/c1-17(20-10-9-11-23(26(20)31)40-42(7,8)30(3,4)5)38-24-15-25(41-27(24)29(36)37-6)35-16-32-21-14-19(12-13-22(21)35)28-34-33-18(2)39-28/h9-17H,1-8H3. The zero-order valence-corrected chi connectivity index (χ0v) is 27.4. The average Bonchev–Trinajstić information content (AvgIpc) is 3.66. The molecule has 0 bridgehead atoms. The van der Waals surface area contributed by atoms with Crippen molar-refractivity contribution in [2.24, 2.45) is 0 Å². The molecule has 0 saturated carbocycles. The lowest BCUT2D eigenvalue weighted by Gasteiger charge is -2.37. The predicted octanol–water partition coefficient (Wildman–Crippen LogP) is 8.41. The molecule has 220 valence electrons. The zero-order chi connectivity index (χ0) is 30.4. The molecule has 12 heteroatoms. The highest BCUT2D eigenvalue weighted by Gasteiger charge is 2.39. The van der Waals surface area contributed by atoms with Crippen molar-refractivity contribution in [2.45, 2.75) is 58.9 Å². The van der Waals surface area contributed by atoms with Gasteiger partial charge in [0.1, 0.15) is 28.9 Å². The Kier molecular flexibility index (Phi) is 7.95. The number of thiophene rings is 1. The van der Waals surface area contributed by atoms with E-state index in [9.17, 15) is 4.79 Å². The van der Waals surface area contributed by atoms with E-state index in [2.05, 4.69) is 49.0 Å². The molecule has 2 aromatic carbocycles. The van der Waals surface area contributed by atoms with E-state index in [4.69, 9.17) is 29.9 Å². The summed E-state index contributed by atoms with van der Waals surface area (Å²) >= 11 is 8.12. The summed E-state index contributed by atoms with van der Waals surface area (Å²) in [5.41, 5.74) is 3.10. The molecular weight excluding hydrogens is 592 g/mol. The van der Waals surface area contributed by atoms with Gasteiger partial charge in [0, 0.05) is 24.1 Å². The molecule has 0 saturated heterocycles. The number of carbonyl (C=O) groups is 1. The van der Waals surface area contributed by atoms with Crippen LogP contribution >= 0.6 is 22.9 Å². The molecule has 1 atom stereocenters. The van der Waals surface area contributed by atoms with E-state index in [-0.39, 0.29) is 5.04 Å². The normalized spacial score (nSPS) is 12.9. The van der Waals surface area contributed by atoms with E-state index in [0.717, 1.165) is 27.2 Å². The summed E-state index contributed by atoms with van der Waals surface area (Å²) in [6, 6.07) is 13.2. The van der Waals surface area contributed by atoms with Gasteiger partial charge in [0.15, 0.2) is 4.88 Å². The molecule has 0 amide bonds. The van der Waals surface area contributed by atoms with E-state index in [1.165, 1.54) is 18.4 Å². The van der Waals surface area contributed by atoms with Crippen LogP contribution in [0.3, 0.4) is 0 Å². The highest BCUT2D eigenvalue weighted by Crippen LogP contribution is 2.42. The number of benzene rings is 2. The molecule has 0 aliphatic heterocycles. The van der Waals surface area contributed by atoms with E-state index < -0.39 is 20.4 Å². The van der Waals surface area contributed by atoms with Crippen molar-refractivity contribution in [3.05, 3.63) is 70.1 Å². The van der Waals surface area contributed by atoms with E-state index >= 15 is 0 Å². The number of carbonyl (C=O) groups excluding carboxylic acids is 1. The molecule has 0 aliphatic rings. The van der Waals surface area contributed by atoms with Crippen molar-refractivity contribution >= 4 is 48.3 Å². The molecule has 3 heterocycles. The van der Waals surface area contributed by atoms with Gasteiger partial charge in [-0.2, -0.15) is 0 Å². The van der Waals surface area contributed by atoms with Gasteiger partial charge in [0.25, 0.3) is 8.32 Å². The Labute approximate surface area is 254 Å². The minimum atomic E-state index is -2.11. The van der Waals surface area contributed by atoms with Gasteiger partial charge in [-0.05, 0) is 49.3 Å². The second-order valence-corrected chi connectivity index (χ2v) is 17.6. The number of hydrogen-bond acceptors (Lipinski definition) is 9. The first-order valence-corrected chi connectivity index (χ1v) is 17.5. The third kappa shape index (κ3) is 5.68. The number of esters is 1. The maximum absolute atomic E-state index is 12.8. The number of rotatable bonds is 8. The molecule has 5 rings (SSSR count). The van der Waals surface area contributed by atoms with Crippen LogP contribution in [0.25, 0.3) is 27.5 Å². The smallest absolute Gasteiger partial charge is 0.351 e. The van der Waals surface area contributed by atoms with Crippen molar-refractivity contribution < 1.29 is 23.1 Å². The largest absolute Gasteiger partial charge is 0.542 e. The Balaban J connectivity index is 1.46. The Morgan fingerprint density at radius 1 is 1.12 bits per heavy atom. The van der Waals surface area contributed by atoms with E-state index in [1.807, 2.05) is 54.0 Å². The van der Waals surface area contributed by atoms with Crippen LogP contribution in [-0.2, 0) is 4.74 Å². The molecule has 1 unspecified atom stereocenters. The molecule has 3 aromatic heterocycles. The average molecular weight is 625 g/mol. The van der Waals surface area contributed by atoms with Crippen LogP contribution in [-0.4, -0.2) is 41.1 Å². The summed E-state index contributed by atoms with van der Waals surface area (Å²) < 4.78 is 25.4. The minimum absolute atomic E-state index is 0.0158. The molecule has 0 N–H and O–H groups in total. The van der Waals surface area contributed by atoms with Gasteiger partial charge in [-0.1, -0.05) is 44.5 Å².